The lowest BCUT2D eigenvalue weighted by molar-refractivity contribution is -0.137. The first-order valence-corrected chi connectivity index (χ1v) is 8.94. The van der Waals surface area contributed by atoms with E-state index >= 15 is 0 Å². The number of alkyl halides is 3. The maximum absolute atomic E-state index is 13.0. The van der Waals surface area contributed by atoms with Gasteiger partial charge in [0.05, 0.1) is 12.1 Å². The number of rotatable bonds is 6. The summed E-state index contributed by atoms with van der Waals surface area (Å²) >= 11 is 0. The maximum atomic E-state index is 13.0. The molecule has 29 heavy (non-hydrogen) atoms. The van der Waals surface area contributed by atoms with Gasteiger partial charge in [0, 0.05) is 44.9 Å². The van der Waals surface area contributed by atoms with E-state index < -0.39 is 11.7 Å². The molecule has 0 spiro atoms. The zero-order valence-corrected chi connectivity index (χ0v) is 16.0. The Morgan fingerprint density at radius 3 is 2.52 bits per heavy atom. The Labute approximate surface area is 166 Å². The third-order valence-electron chi connectivity index (χ3n) is 4.31. The molecule has 3 aromatic rings. The van der Waals surface area contributed by atoms with Crippen molar-refractivity contribution < 1.29 is 18.0 Å². The van der Waals surface area contributed by atoms with Crippen LogP contribution in [0, 0.1) is 0 Å². The SMILES string of the molecule is CN(C)C(=O)CCn1nc(Cc2cccc(C(F)(F)F)c2)nc1-c1ccncc1. The molecule has 2 aromatic heterocycles. The quantitative estimate of drug-likeness (QED) is 0.633. The number of pyridine rings is 1. The van der Waals surface area contributed by atoms with Crippen LogP contribution < -0.4 is 0 Å². The van der Waals surface area contributed by atoms with Crippen molar-refractivity contribution in [2.75, 3.05) is 14.1 Å². The molecule has 3 rings (SSSR count). The Bertz CT molecular complexity index is 983. The molecule has 9 heteroatoms. The summed E-state index contributed by atoms with van der Waals surface area (Å²) in [5, 5.41) is 4.44. The van der Waals surface area contributed by atoms with Gasteiger partial charge in [0.1, 0.15) is 0 Å². The van der Waals surface area contributed by atoms with Gasteiger partial charge in [-0.3, -0.25) is 9.78 Å². The fraction of sp³-hybridized carbons (Fsp3) is 0.300. The van der Waals surface area contributed by atoms with Crippen molar-refractivity contribution in [3.05, 3.63) is 65.7 Å². The Morgan fingerprint density at radius 1 is 1.14 bits per heavy atom. The average molecular weight is 403 g/mol. The van der Waals surface area contributed by atoms with Gasteiger partial charge in [-0.2, -0.15) is 18.3 Å². The first kappa shape index (κ1) is 20.5. The molecule has 6 nitrogen and oxygen atoms in total. The highest BCUT2D eigenvalue weighted by Crippen LogP contribution is 2.30. The van der Waals surface area contributed by atoms with Gasteiger partial charge in [-0.25, -0.2) is 9.67 Å². The smallest absolute Gasteiger partial charge is 0.349 e. The molecule has 0 saturated heterocycles. The van der Waals surface area contributed by atoms with Crippen LogP contribution in [0.4, 0.5) is 13.2 Å². The minimum Gasteiger partial charge on any atom is -0.349 e. The summed E-state index contributed by atoms with van der Waals surface area (Å²) in [6.07, 6.45) is -0.788. The number of benzene rings is 1. The van der Waals surface area contributed by atoms with Gasteiger partial charge in [0.2, 0.25) is 5.91 Å². The second kappa shape index (κ2) is 8.42. The van der Waals surface area contributed by atoms with Crippen LogP contribution >= 0.6 is 0 Å². The molecule has 0 aliphatic heterocycles. The number of hydrogen-bond donors (Lipinski definition) is 0. The Morgan fingerprint density at radius 2 is 1.86 bits per heavy atom. The monoisotopic (exact) mass is 403 g/mol. The predicted octanol–water partition coefficient (Wildman–Crippen LogP) is 3.43. The minimum atomic E-state index is -4.41. The molecule has 0 unspecified atom stereocenters. The Balaban J connectivity index is 1.89. The lowest BCUT2D eigenvalue weighted by Crippen LogP contribution is -2.23. The average Bonchev–Trinajstić information content (AvgIpc) is 3.09. The summed E-state index contributed by atoms with van der Waals surface area (Å²) in [7, 11) is 3.35. The van der Waals surface area contributed by atoms with Crippen molar-refractivity contribution in [1.29, 1.82) is 0 Å². The summed E-state index contributed by atoms with van der Waals surface area (Å²) in [6, 6.07) is 8.64. The van der Waals surface area contributed by atoms with Crippen LogP contribution in [-0.2, 0) is 23.9 Å². The van der Waals surface area contributed by atoms with Crippen LogP contribution in [0.15, 0.2) is 48.8 Å². The van der Waals surface area contributed by atoms with Crippen molar-refractivity contribution in [2.45, 2.75) is 25.6 Å². The molecule has 0 atom stereocenters. The summed E-state index contributed by atoms with van der Waals surface area (Å²) in [4.78, 5) is 21.9. The fourth-order valence-electron chi connectivity index (χ4n) is 2.80. The minimum absolute atomic E-state index is 0.0550. The van der Waals surface area contributed by atoms with Crippen molar-refractivity contribution in [3.8, 4) is 11.4 Å². The molecule has 152 valence electrons. The third kappa shape index (κ3) is 5.18. The van der Waals surface area contributed by atoms with Crippen LogP contribution in [0.3, 0.4) is 0 Å². The number of aryl methyl sites for hydroxylation is 1. The van der Waals surface area contributed by atoms with E-state index in [1.807, 2.05) is 0 Å². The van der Waals surface area contributed by atoms with Crippen molar-refractivity contribution in [2.24, 2.45) is 0 Å². The summed E-state index contributed by atoms with van der Waals surface area (Å²) in [5.41, 5.74) is 0.517. The number of halogens is 3. The number of amides is 1. The first-order valence-electron chi connectivity index (χ1n) is 8.94. The molecule has 0 saturated carbocycles. The second-order valence-electron chi connectivity index (χ2n) is 6.72. The van der Waals surface area contributed by atoms with Gasteiger partial charge < -0.3 is 4.90 Å². The van der Waals surface area contributed by atoms with Crippen LogP contribution in [-0.4, -0.2) is 44.7 Å². The summed E-state index contributed by atoms with van der Waals surface area (Å²) < 4.78 is 40.5. The molecule has 0 bridgehead atoms. The normalized spacial score (nSPS) is 11.5. The number of hydrogen-bond acceptors (Lipinski definition) is 4. The van der Waals surface area contributed by atoms with E-state index in [0.29, 0.717) is 23.8 Å². The number of carbonyl (C=O) groups excluding carboxylic acids is 1. The highest BCUT2D eigenvalue weighted by molar-refractivity contribution is 5.75. The largest absolute Gasteiger partial charge is 0.416 e. The lowest BCUT2D eigenvalue weighted by Gasteiger charge is -2.10. The summed E-state index contributed by atoms with van der Waals surface area (Å²) in [5.74, 6) is 0.870. The van der Waals surface area contributed by atoms with Gasteiger partial charge in [0.15, 0.2) is 11.6 Å². The predicted molar refractivity (Wildman–Crippen MR) is 101 cm³/mol. The van der Waals surface area contributed by atoms with Crippen molar-refractivity contribution in [1.82, 2.24) is 24.6 Å². The van der Waals surface area contributed by atoms with Crippen molar-refractivity contribution >= 4 is 5.91 Å². The van der Waals surface area contributed by atoms with E-state index in [9.17, 15) is 18.0 Å². The van der Waals surface area contributed by atoms with Gasteiger partial charge >= 0.3 is 6.18 Å². The fourth-order valence-corrected chi connectivity index (χ4v) is 2.80. The Kier molecular flexibility index (Phi) is 5.95. The van der Waals surface area contributed by atoms with Gasteiger partial charge in [-0.1, -0.05) is 18.2 Å². The number of aromatic nitrogens is 4. The standard InChI is InChI=1S/C20H20F3N5O/c1-27(2)18(29)8-11-28-19(15-6-9-24-10-7-15)25-17(26-28)13-14-4-3-5-16(12-14)20(21,22)23/h3-7,9-10,12H,8,11,13H2,1-2H3. The molecule has 0 N–H and O–H groups in total. The molecule has 0 aliphatic carbocycles. The molecule has 1 aromatic carbocycles. The van der Waals surface area contributed by atoms with E-state index in [-0.39, 0.29) is 18.7 Å². The van der Waals surface area contributed by atoms with E-state index in [1.165, 1.54) is 11.0 Å². The molecule has 2 heterocycles. The molecular formula is C20H20F3N5O. The van der Waals surface area contributed by atoms with E-state index in [4.69, 9.17) is 0 Å². The van der Waals surface area contributed by atoms with Gasteiger partial charge in [-0.15, -0.1) is 0 Å². The van der Waals surface area contributed by atoms with Crippen LogP contribution in [0.2, 0.25) is 0 Å². The third-order valence-corrected chi connectivity index (χ3v) is 4.31. The number of carbonyl (C=O) groups is 1. The Hall–Kier alpha value is -3.23. The van der Waals surface area contributed by atoms with Gasteiger partial charge in [-0.05, 0) is 23.8 Å². The van der Waals surface area contributed by atoms with E-state index in [1.54, 1.807) is 49.4 Å². The molecule has 0 fully saturated rings. The zero-order chi connectivity index (χ0) is 21.0. The van der Waals surface area contributed by atoms with E-state index in [0.717, 1.165) is 17.7 Å². The molecule has 0 radical (unpaired) electrons. The number of nitrogens with zero attached hydrogens (tertiary/aromatic N) is 5. The highest BCUT2D eigenvalue weighted by Gasteiger charge is 2.30. The van der Waals surface area contributed by atoms with Gasteiger partial charge in [0.25, 0.3) is 0 Å². The van der Waals surface area contributed by atoms with Crippen LogP contribution in [0.5, 0.6) is 0 Å². The van der Waals surface area contributed by atoms with E-state index in [2.05, 4.69) is 15.1 Å². The first-order chi connectivity index (χ1) is 13.7. The molecule has 1 amide bonds. The molecular weight excluding hydrogens is 383 g/mol. The van der Waals surface area contributed by atoms with Crippen molar-refractivity contribution in [3.63, 3.8) is 0 Å². The molecule has 0 aliphatic rings. The lowest BCUT2D eigenvalue weighted by atomic mass is 10.1. The zero-order valence-electron chi connectivity index (χ0n) is 16.0. The second-order valence-corrected chi connectivity index (χ2v) is 6.72. The highest BCUT2D eigenvalue weighted by atomic mass is 19.4. The maximum Gasteiger partial charge on any atom is 0.416 e. The van der Waals surface area contributed by atoms with Crippen LogP contribution in [0.25, 0.3) is 11.4 Å². The van der Waals surface area contributed by atoms with Crippen LogP contribution in [0.1, 0.15) is 23.4 Å². The summed E-state index contributed by atoms with van der Waals surface area (Å²) in [6.45, 7) is 0.310. The topological polar surface area (TPSA) is 63.9 Å².